The highest BCUT2D eigenvalue weighted by molar-refractivity contribution is 7.92. The van der Waals surface area contributed by atoms with Crippen molar-refractivity contribution in [2.75, 3.05) is 18.0 Å². The van der Waals surface area contributed by atoms with Gasteiger partial charge in [0.25, 0.3) is 10.0 Å². The molecular weight excluding hydrogens is 521 g/mol. The maximum Gasteiger partial charge on any atom is 0.264 e. The average Bonchev–Trinajstić information content (AvgIpc) is 2.90. The van der Waals surface area contributed by atoms with E-state index in [0.717, 1.165) is 10.4 Å². The predicted octanol–water partition coefficient (Wildman–Crippen LogP) is 4.36. The number of methoxy groups -OCH3 is 1. The molecule has 3 rings (SSSR count). The van der Waals surface area contributed by atoms with E-state index in [1.165, 1.54) is 42.3 Å². The Balaban J connectivity index is 2.05. The van der Waals surface area contributed by atoms with Gasteiger partial charge in [-0.1, -0.05) is 42.5 Å². The van der Waals surface area contributed by atoms with Gasteiger partial charge in [0.2, 0.25) is 11.8 Å². The van der Waals surface area contributed by atoms with Crippen LogP contribution in [0.15, 0.2) is 83.8 Å². The zero-order chi connectivity index (χ0) is 28.8. The molecule has 39 heavy (non-hydrogen) atoms. The number of carbonyl (C=O) groups excluding carboxylic acids is 2. The van der Waals surface area contributed by atoms with Crippen LogP contribution in [0.2, 0.25) is 0 Å². The number of amides is 2. The predicted molar refractivity (Wildman–Crippen MR) is 148 cm³/mol. The highest BCUT2D eigenvalue weighted by Gasteiger charge is 2.34. The molecule has 0 saturated heterocycles. The molecule has 8 nitrogen and oxygen atoms in total. The first-order valence-corrected chi connectivity index (χ1v) is 13.8. The molecule has 10 heteroatoms. The SMILES string of the molecule is COc1cccc(CN(C(=O)CN(c2ccccc2F)S(=O)(=O)c2ccccc2)[C@@H](C)C(=O)NC(C)(C)C)c1. The van der Waals surface area contributed by atoms with E-state index in [9.17, 15) is 22.4 Å². The van der Waals surface area contributed by atoms with Crippen LogP contribution < -0.4 is 14.4 Å². The summed E-state index contributed by atoms with van der Waals surface area (Å²) in [7, 11) is -2.82. The van der Waals surface area contributed by atoms with Gasteiger partial charge in [0.05, 0.1) is 17.7 Å². The number of nitrogens with zero attached hydrogens (tertiary/aromatic N) is 2. The third-order valence-electron chi connectivity index (χ3n) is 5.88. The molecule has 0 aliphatic rings. The fraction of sp³-hybridized carbons (Fsp3) is 0.310. The number of carbonyl (C=O) groups is 2. The summed E-state index contributed by atoms with van der Waals surface area (Å²) >= 11 is 0. The van der Waals surface area contributed by atoms with Gasteiger partial charge in [-0.3, -0.25) is 13.9 Å². The van der Waals surface area contributed by atoms with Crippen molar-refractivity contribution in [3.8, 4) is 5.75 Å². The summed E-state index contributed by atoms with van der Waals surface area (Å²) < 4.78 is 48.3. The number of anilines is 1. The molecule has 0 bridgehead atoms. The number of nitrogens with one attached hydrogen (secondary N) is 1. The van der Waals surface area contributed by atoms with E-state index >= 15 is 0 Å². The molecule has 2 amide bonds. The minimum Gasteiger partial charge on any atom is -0.497 e. The normalized spacial score (nSPS) is 12.4. The van der Waals surface area contributed by atoms with Crippen molar-refractivity contribution in [1.82, 2.24) is 10.2 Å². The Morgan fingerprint density at radius 1 is 0.974 bits per heavy atom. The Kier molecular flexibility index (Phi) is 9.34. The van der Waals surface area contributed by atoms with Crippen molar-refractivity contribution in [2.24, 2.45) is 0 Å². The van der Waals surface area contributed by atoms with E-state index in [2.05, 4.69) is 5.32 Å². The van der Waals surface area contributed by atoms with Crippen LogP contribution in [0.1, 0.15) is 33.3 Å². The van der Waals surface area contributed by atoms with Gasteiger partial charge in [0.1, 0.15) is 24.2 Å². The van der Waals surface area contributed by atoms with Crippen LogP contribution in [-0.2, 0) is 26.2 Å². The van der Waals surface area contributed by atoms with E-state index in [4.69, 9.17) is 4.74 Å². The van der Waals surface area contributed by atoms with E-state index < -0.39 is 45.8 Å². The second-order valence-electron chi connectivity index (χ2n) is 10.1. The lowest BCUT2D eigenvalue weighted by atomic mass is 10.1. The van der Waals surface area contributed by atoms with Gasteiger partial charge in [0, 0.05) is 12.1 Å². The van der Waals surface area contributed by atoms with Gasteiger partial charge in [-0.2, -0.15) is 0 Å². The summed E-state index contributed by atoms with van der Waals surface area (Å²) in [5, 5.41) is 2.86. The van der Waals surface area contributed by atoms with Crippen LogP contribution in [0.5, 0.6) is 5.75 Å². The zero-order valence-electron chi connectivity index (χ0n) is 22.7. The smallest absolute Gasteiger partial charge is 0.264 e. The fourth-order valence-corrected chi connectivity index (χ4v) is 5.35. The van der Waals surface area contributed by atoms with Gasteiger partial charge >= 0.3 is 0 Å². The first kappa shape index (κ1) is 29.6. The second-order valence-corrected chi connectivity index (χ2v) is 11.9. The summed E-state index contributed by atoms with van der Waals surface area (Å²) in [6, 6.07) is 18.9. The van der Waals surface area contributed by atoms with Crippen molar-refractivity contribution < 1.29 is 27.1 Å². The third-order valence-corrected chi connectivity index (χ3v) is 7.66. The monoisotopic (exact) mass is 555 g/mol. The number of hydrogen-bond acceptors (Lipinski definition) is 5. The summed E-state index contributed by atoms with van der Waals surface area (Å²) in [6.07, 6.45) is 0. The zero-order valence-corrected chi connectivity index (χ0v) is 23.5. The number of para-hydroxylation sites is 1. The molecule has 3 aromatic carbocycles. The van der Waals surface area contributed by atoms with Crippen LogP contribution in [0.3, 0.4) is 0 Å². The molecule has 0 spiro atoms. The van der Waals surface area contributed by atoms with E-state index in [-0.39, 0.29) is 17.1 Å². The highest BCUT2D eigenvalue weighted by Crippen LogP contribution is 2.27. The fourth-order valence-electron chi connectivity index (χ4n) is 3.91. The minimum absolute atomic E-state index is 0.00867. The van der Waals surface area contributed by atoms with Gasteiger partial charge in [-0.05, 0) is 69.7 Å². The van der Waals surface area contributed by atoms with Crippen molar-refractivity contribution in [3.05, 3.63) is 90.2 Å². The molecule has 1 N–H and O–H groups in total. The van der Waals surface area contributed by atoms with Gasteiger partial charge in [-0.15, -0.1) is 0 Å². The Morgan fingerprint density at radius 2 is 1.62 bits per heavy atom. The molecular formula is C29H34FN3O5S. The van der Waals surface area contributed by atoms with Gasteiger partial charge in [-0.25, -0.2) is 12.8 Å². The summed E-state index contributed by atoms with van der Waals surface area (Å²) in [4.78, 5) is 28.2. The first-order valence-electron chi connectivity index (χ1n) is 12.4. The van der Waals surface area contributed by atoms with Crippen molar-refractivity contribution >= 4 is 27.5 Å². The maximum atomic E-state index is 14.9. The Hall–Kier alpha value is -3.92. The molecule has 0 aromatic heterocycles. The Labute approximate surface area is 229 Å². The Bertz CT molecular complexity index is 1410. The lowest BCUT2D eigenvalue weighted by Gasteiger charge is -2.33. The molecule has 208 valence electrons. The van der Waals surface area contributed by atoms with Crippen molar-refractivity contribution in [2.45, 2.75) is 50.7 Å². The maximum absolute atomic E-state index is 14.9. The molecule has 1 atom stereocenters. The number of hydrogen-bond donors (Lipinski definition) is 1. The topological polar surface area (TPSA) is 96.0 Å². The average molecular weight is 556 g/mol. The standard InChI is InChI=1S/C29H34FN3O5S/c1-21(28(35)31-29(2,3)4)32(19-22-12-11-13-23(18-22)38-5)27(34)20-33(26-17-10-9-16-25(26)30)39(36,37)24-14-7-6-8-15-24/h6-18,21H,19-20H2,1-5H3,(H,31,35)/t21-/m0/s1. The van der Waals surface area contributed by atoms with E-state index in [1.807, 2.05) is 20.8 Å². The van der Waals surface area contributed by atoms with Crippen molar-refractivity contribution in [1.29, 1.82) is 0 Å². The van der Waals surface area contributed by atoms with Crippen LogP contribution in [0, 0.1) is 5.82 Å². The first-order chi connectivity index (χ1) is 18.3. The van der Waals surface area contributed by atoms with Crippen LogP contribution >= 0.6 is 0 Å². The molecule has 0 aliphatic heterocycles. The quantitative estimate of drug-likeness (QED) is 0.401. The Morgan fingerprint density at radius 3 is 2.23 bits per heavy atom. The lowest BCUT2D eigenvalue weighted by molar-refractivity contribution is -0.140. The molecule has 0 heterocycles. The highest BCUT2D eigenvalue weighted by atomic mass is 32.2. The number of sulfonamides is 1. The van der Waals surface area contributed by atoms with Crippen LogP contribution in [0.25, 0.3) is 0 Å². The van der Waals surface area contributed by atoms with E-state index in [1.54, 1.807) is 49.4 Å². The second kappa shape index (κ2) is 12.3. The van der Waals surface area contributed by atoms with Crippen molar-refractivity contribution in [3.63, 3.8) is 0 Å². The number of rotatable bonds is 10. The lowest BCUT2D eigenvalue weighted by Crippen LogP contribution is -2.54. The molecule has 3 aromatic rings. The van der Waals surface area contributed by atoms with Gasteiger partial charge in [0.15, 0.2) is 0 Å². The number of ether oxygens (including phenoxy) is 1. The molecule has 0 unspecified atom stereocenters. The third kappa shape index (κ3) is 7.57. The summed E-state index contributed by atoms with van der Waals surface area (Å²) in [5.41, 5.74) is -0.171. The van der Waals surface area contributed by atoms with Gasteiger partial charge < -0.3 is 15.0 Å². The number of benzene rings is 3. The van der Waals surface area contributed by atoms with Crippen LogP contribution in [-0.4, -0.2) is 50.4 Å². The van der Waals surface area contributed by atoms with Crippen LogP contribution in [0.4, 0.5) is 10.1 Å². The number of halogens is 1. The minimum atomic E-state index is -4.34. The molecule has 0 fully saturated rings. The summed E-state index contributed by atoms with van der Waals surface area (Å²) in [6.45, 7) is 6.29. The molecule has 0 aliphatic carbocycles. The summed E-state index contributed by atoms with van der Waals surface area (Å²) in [5.74, 6) is -1.34. The van der Waals surface area contributed by atoms with E-state index in [0.29, 0.717) is 11.3 Å². The molecule has 0 radical (unpaired) electrons. The largest absolute Gasteiger partial charge is 0.497 e. The molecule has 0 saturated carbocycles.